The van der Waals surface area contributed by atoms with Gasteiger partial charge in [0.15, 0.2) is 0 Å². The number of amidine groups is 1. The molecule has 12 nitrogen and oxygen atoms in total. The molecule has 0 radical (unpaired) electrons. The molecule has 2 aliphatic heterocycles. The smallest absolute Gasteiger partial charge is 0.281 e. The van der Waals surface area contributed by atoms with Crippen LogP contribution in [0.3, 0.4) is 0 Å². The van der Waals surface area contributed by atoms with E-state index < -0.39 is 0 Å². The molecular formula is C29H39N10O2S+. The van der Waals surface area contributed by atoms with Crippen LogP contribution in [-0.2, 0) is 9.59 Å². The van der Waals surface area contributed by atoms with Gasteiger partial charge in [0.05, 0.1) is 37.1 Å². The Morgan fingerprint density at radius 3 is 2.76 bits per heavy atom. The second kappa shape index (κ2) is 12.9. The van der Waals surface area contributed by atoms with Crippen molar-refractivity contribution in [2.75, 3.05) is 56.9 Å². The van der Waals surface area contributed by atoms with Gasteiger partial charge in [-0.3, -0.25) is 24.4 Å². The number of rotatable bonds is 10. The fourth-order valence-electron chi connectivity index (χ4n) is 5.34. The predicted octanol–water partition coefficient (Wildman–Crippen LogP) is 0.333. The summed E-state index contributed by atoms with van der Waals surface area (Å²) in [5, 5.41) is 9.31. The van der Waals surface area contributed by atoms with Crippen molar-refractivity contribution in [1.29, 1.82) is 5.41 Å². The van der Waals surface area contributed by atoms with Gasteiger partial charge in [-0.15, -0.1) is 11.3 Å². The van der Waals surface area contributed by atoms with Crippen molar-refractivity contribution in [3.05, 3.63) is 40.0 Å². The quantitative estimate of drug-likeness (QED) is 0.228. The highest BCUT2D eigenvalue weighted by atomic mass is 32.1. The van der Waals surface area contributed by atoms with E-state index in [-0.39, 0.29) is 30.2 Å². The topological polar surface area (TPSA) is 172 Å². The van der Waals surface area contributed by atoms with E-state index in [1.165, 1.54) is 17.7 Å². The highest BCUT2D eigenvalue weighted by Gasteiger charge is 2.34. The van der Waals surface area contributed by atoms with Gasteiger partial charge in [-0.05, 0) is 61.9 Å². The molecule has 1 aliphatic carbocycles. The number of hydrogen-bond acceptors (Lipinski definition) is 8. The molecule has 2 aromatic heterocycles. The van der Waals surface area contributed by atoms with Crippen LogP contribution in [0.4, 0.5) is 11.5 Å². The van der Waals surface area contributed by atoms with Crippen LogP contribution in [0.5, 0.6) is 0 Å². The molecule has 3 aliphatic rings. The molecule has 0 unspecified atom stereocenters. The zero-order valence-corrected chi connectivity index (χ0v) is 25.0. The highest BCUT2D eigenvalue weighted by molar-refractivity contribution is 7.14. The van der Waals surface area contributed by atoms with E-state index in [0.29, 0.717) is 67.9 Å². The summed E-state index contributed by atoms with van der Waals surface area (Å²) in [6.45, 7) is 5.06. The Kier molecular flexibility index (Phi) is 9.07. The van der Waals surface area contributed by atoms with Crippen LogP contribution in [-0.4, -0.2) is 95.8 Å². The molecule has 0 aromatic carbocycles. The first kappa shape index (κ1) is 29.5. The molecule has 2 fully saturated rings. The normalized spacial score (nSPS) is 19.8. The molecule has 4 heterocycles. The maximum atomic E-state index is 13.5. The minimum absolute atomic E-state index is 0.00322. The first-order valence-corrected chi connectivity index (χ1v) is 15.2. The first-order valence-electron chi connectivity index (χ1n) is 14.4. The van der Waals surface area contributed by atoms with E-state index in [4.69, 9.17) is 16.9 Å². The number of carbonyl (C=O) groups excluding carboxylic acids is 2. The van der Waals surface area contributed by atoms with Crippen LogP contribution >= 0.6 is 11.3 Å². The number of nitrogens with two attached hydrogens (primary N) is 2. The number of nitrogen functional groups attached to an aromatic ring is 1. The molecule has 2 amide bonds. The van der Waals surface area contributed by atoms with E-state index in [1.807, 2.05) is 11.8 Å². The lowest BCUT2D eigenvalue weighted by atomic mass is 10.1. The van der Waals surface area contributed by atoms with Crippen LogP contribution in [0.2, 0.25) is 0 Å². The number of carbonyl (C=O) groups is 2. The molecule has 2 aromatic rings. The van der Waals surface area contributed by atoms with Gasteiger partial charge in [-0.2, -0.15) is 0 Å². The summed E-state index contributed by atoms with van der Waals surface area (Å²) < 4.78 is 0. The van der Waals surface area contributed by atoms with Gasteiger partial charge in [-0.1, -0.05) is 6.08 Å². The average molecular weight is 592 g/mol. The number of hydrogen-bond donors (Lipinski definition) is 4. The number of aliphatic imine (C=N–C) groups is 1. The molecule has 0 bridgehead atoms. The number of anilines is 2. The van der Waals surface area contributed by atoms with Crippen molar-refractivity contribution in [3.8, 4) is 0 Å². The number of nitrogens with zero attached hydrogens (tertiary/aromatic N) is 6. The van der Waals surface area contributed by atoms with E-state index >= 15 is 0 Å². The summed E-state index contributed by atoms with van der Waals surface area (Å²) in [5.74, 6) is 1.01. The van der Waals surface area contributed by atoms with Gasteiger partial charge in [0.25, 0.3) is 12.2 Å². The Morgan fingerprint density at radius 1 is 1.26 bits per heavy atom. The van der Waals surface area contributed by atoms with Crippen LogP contribution in [0.1, 0.15) is 48.2 Å². The number of likely N-dealkylation sites (tertiary alicyclic amines) is 1. The van der Waals surface area contributed by atoms with Crippen molar-refractivity contribution in [1.82, 2.24) is 19.8 Å². The molecule has 5 rings (SSSR count). The summed E-state index contributed by atoms with van der Waals surface area (Å²) in [6.07, 6.45) is 8.71. The van der Waals surface area contributed by atoms with Crippen molar-refractivity contribution < 1.29 is 14.6 Å². The minimum atomic E-state index is -0.211. The summed E-state index contributed by atoms with van der Waals surface area (Å²) in [6, 6.07) is 3.50. The van der Waals surface area contributed by atoms with Crippen LogP contribution in [0.15, 0.2) is 29.4 Å². The lowest BCUT2D eigenvalue weighted by molar-refractivity contribution is -0.414. The van der Waals surface area contributed by atoms with Gasteiger partial charge in [0.1, 0.15) is 21.4 Å². The zero-order valence-electron chi connectivity index (χ0n) is 24.2. The first-order chi connectivity index (χ1) is 20.3. The Balaban J connectivity index is 1.15. The molecular weight excluding hydrogens is 552 g/mol. The van der Waals surface area contributed by atoms with E-state index in [0.717, 1.165) is 34.7 Å². The third-order valence-corrected chi connectivity index (χ3v) is 9.01. The third kappa shape index (κ3) is 6.57. The lowest BCUT2D eigenvalue weighted by Crippen LogP contribution is -2.62. The van der Waals surface area contributed by atoms with Crippen LogP contribution < -0.4 is 21.4 Å². The standard InChI is InChI=1S/C29H38N10O2S/c1-3-39(23-7-6-21(30)26(36-23)25(31)18-4-5-18)29(41)20-8-11-37(15-20)16-24(40)38-12-9-19(10-13-38)28-34-14-22(42-28)27(32)35-17-33-2/h6-7,9,14,17-18,20,31H,3-5,8,10-13,15-16,30H2,1-2H3,(H2,32,33,35)/p+1/t20-/m1/s1. The largest absolute Gasteiger partial charge is 0.397 e. The van der Waals surface area contributed by atoms with Crippen molar-refractivity contribution in [3.63, 3.8) is 0 Å². The second-order valence-electron chi connectivity index (χ2n) is 10.9. The summed E-state index contributed by atoms with van der Waals surface area (Å²) in [7, 11) is 1.76. The molecule has 13 heteroatoms. The Morgan fingerprint density at radius 2 is 2.07 bits per heavy atom. The summed E-state index contributed by atoms with van der Waals surface area (Å²) in [5.41, 5.74) is 14.6. The highest BCUT2D eigenvalue weighted by Crippen LogP contribution is 2.34. The van der Waals surface area contributed by atoms with Gasteiger partial charge in [0.2, 0.25) is 11.8 Å². The fourth-order valence-corrected chi connectivity index (χ4v) is 6.23. The Hall–Kier alpha value is -3.97. The Bertz CT molecular complexity index is 1440. The zero-order chi connectivity index (χ0) is 29.8. The van der Waals surface area contributed by atoms with Gasteiger partial charge in [-0.25, -0.2) is 9.97 Å². The number of aromatic nitrogens is 2. The number of thiazole rings is 1. The Labute approximate surface area is 249 Å². The number of pyridine rings is 1. The number of amides is 2. The molecule has 1 saturated carbocycles. The van der Waals surface area contributed by atoms with Crippen LogP contribution in [0, 0.1) is 17.2 Å². The van der Waals surface area contributed by atoms with Crippen molar-refractivity contribution in [2.24, 2.45) is 22.6 Å². The van der Waals surface area contributed by atoms with Crippen molar-refractivity contribution in [2.45, 2.75) is 32.6 Å². The van der Waals surface area contributed by atoms with E-state index in [2.05, 4.69) is 30.9 Å². The van der Waals surface area contributed by atoms with Crippen LogP contribution in [0.25, 0.3) is 5.57 Å². The molecule has 222 valence electrons. The molecule has 0 spiro atoms. The van der Waals surface area contributed by atoms with Gasteiger partial charge < -0.3 is 21.8 Å². The minimum Gasteiger partial charge on any atom is -0.397 e. The fraction of sp³-hybridized carbons (Fsp3) is 0.483. The SMILES string of the molecule is CCN(C(=O)[C@@H]1CCN(CC(=O)N2CC=C(c3ncc(C(N)=NC=[NH+]C)s3)CC2)C1)c1ccc(N)c(C(=N)C2CC2)n1. The monoisotopic (exact) mass is 591 g/mol. The average Bonchev–Trinajstić information content (AvgIpc) is 3.54. The molecule has 1 saturated heterocycles. The maximum absolute atomic E-state index is 13.5. The van der Waals surface area contributed by atoms with E-state index in [1.54, 1.807) is 30.3 Å². The number of nitrogens with one attached hydrogen (secondary N) is 2. The van der Waals surface area contributed by atoms with E-state index in [9.17, 15) is 9.59 Å². The maximum Gasteiger partial charge on any atom is 0.281 e. The molecule has 6 N–H and O–H groups in total. The van der Waals surface area contributed by atoms with Gasteiger partial charge in [0, 0.05) is 32.1 Å². The predicted molar refractivity (Wildman–Crippen MR) is 166 cm³/mol. The summed E-state index contributed by atoms with van der Waals surface area (Å²) in [4.78, 5) is 49.2. The second-order valence-corrected chi connectivity index (χ2v) is 11.9. The molecule has 1 atom stereocenters. The summed E-state index contributed by atoms with van der Waals surface area (Å²) >= 11 is 1.49. The lowest BCUT2D eigenvalue weighted by Gasteiger charge is -2.28. The van der Waals surface area contributed by atoms with Gasteiger partial charge >= 0.3 is 0 Å². The van der Waals surface area contributed by atoms with Crippen molar-refractivity contribution >= 4 is 58.1 Å². The third-order valence-electron chi connectivity index (χ3n) is 7.92. The molecule has 42 heavy (non-hydrogen) atoms.